The quantitative estimate of drug-likeness (QED) is 0.735. The van der Waals surface area contributed by atoms with Crippen molar-refractivity contribution in [2.45, 2.75) is 20.8 Å². The van der Waals surface area contributed by atoms with Crippen LogP contribution in [0.4, 0.5) is 0 Å². The minimum atomic E-state index is -0.361. The molecule has 5 nitrogen and oxygen atoms in total. The number of hydrogen-bond acceptors (Lipinski definition) is 3. The number of fused-ring (bicyclic) bond motifs is 1. The molecule has 0 aliphatic rings. The zero-order valence-corrected chi connectivity index (χ0v) is 14.2. The standard InChI is InChI=1S/C17H17N3O2S/c1-9-14(11(3)21)10(2)18-15(9)16(22)19-17-20(4)12-7-5-6-8-13(12)23-17/h5-8,18H,1-4H3. The third kappa shape index (κ3) is 2.55. The molecule has 3 rings (SSSR count). The van der Waals surface area contributed by atoms with Crippen LogP contribution >= 0.6 is 11.3 Å². The van der Waals surface area contributed by atoms with Gasteiger partial charge in [-0.1, -0.05) is 23.5 Å². The fourth-order valence-electron chi connectivity index (χ4n) is 2.82. The maximum Gasteiger partial charge on any atom is 0.296 e. The molecule has 0 spiro atoms. The highest BCUT2D eigenvalue weighted by Crippen LogP contribution is 2.20. The van der Waals surface area contributed by atoms with E-state index in [1.54, 1.807) is 13.8 Å². The number of aromatic amines is 1. The summed E-state index contributed by atoms with van der Waals surface area (Å²) in [5.74, 6) is -0.414. The minimum Gasteiger partial charge on any atom is -0.354 e. The molecule has 2 aromatic heterocycles. The molecule has 6 heteroatoms. The van der Waals surface area contributed by atoms with Gasteiger partial charge in [0.25, 0.3) is 5.91 Å². The van der Waals surface area contributed by atoms with Gasteiger partial charge in [-0.25, -0.2) is 0 Å². The lowest BCUT2D eigenvalue weighted by atomic mass is 10.1. The molecule has 0 saturated carbocycles. The van der Waals surface area contributed by atoms with Crippen LogP contribution in [0.1, 0.15) is 39.0 Å². The highest BCUT2D eigenvalue weighted by Gasteiger charge is 2.19. The molecule has 0 radical (unpaired) electrons. The number of aromatic nitrogens is 2. The van der Waals surface area contributed by atoms with Gasteiger partial charge < -0.3 is 9.55 Å². The molecule has 0 fully saturated rings. The van der Waals surface area contributed by atoms with E-state index in [0.29, 0.717) is 27.3 Å². The number of hydrogen-bond donors (Lipinski definition) is 1. The average Bonchev–Trinajstić information content (AvgIpc) is 2.97. The van der Waals surface area contributed by atoms with Crippen molar-refractivity contribution < 1.29 is 9.59 Å². The highest BCUT2D eigenvalue weighted by molar-refractivity contribution is 7.16. The third-order valence-corrected chi connectivity index (χ3v) is 5.03. The molecule has 0 aliphatic heterocycles. The number of thiazole rings is 1. The number of carbonyl (C=O) groups is 2. The first-order valence-corrected chi connectivity index (χ1v) is 8.05. The van der Waals surface area contributed by atoms with Crippen molar-refractivity contribution in [2.75, 3.05) is 0 Å². The first-order chi connectivity index (χ1) is 10.9. The number of rotatable bonds is 2. The summed E-state index contributed by atoms with van der Waals surface area (Å²) in [4.78, 5) is 32.1. The van der Waals surface area contributed by atoms with Crippen molar-refractivity contribution in [1.82, 2.24) is 9.55 Å². The summed E-state index contributed by atoms with van der Waals surface area (Å²) in [6.07, 6.45) is 0. The lowest BCUT2D eigenvalue weighted by Gasteiger charge is -1.96. The third-order valence-electron chi connectivity index (χ3n) is 3.92. The van der Waals surface area contributed by atoms with E-state index >= 15 is 0 Å². The van der Waals surface area contributed by atoms with E-state index in [-0.39, 0.29) is 11.7 Å². The van der Waals surface area contributed by atoms with Gasteiger partial charge in [-0.2, -0.15) is 4.99 Å². The second kappa shape index (κ2) is 5.62. The fourth-order valence-corrected chi connectivity index (χ4v) is 3.84. The molecule has 118 valence electrons. The Morgan fingerprint density at radius 3 is 2.52 bits per heavy atom. The first-order valence-electron chi connectivity index (χ1n) is 7.24. The smallest absolute Gasteiger partial charge is 0.296 e. The number of carbonyl (C=O) groups excluding carboxylic acids is 2. The van der Waals surface area contributed by atoms with Crippen LogP contribution in [0.5, 0.6) is 0 Å². The average molecular weight is 327 g/mol. The van der Waals surface area contributed by atoms with Crippen molar-refractivity contribution in [1.29, 1.82) is 0 Å². The van der Waals surface area contributed by atoms with Gasteiger partial charge in [0.1, 0.15) is 5.69 Å². The molecular formula is C17H17N3O2S. The van der Waals surface area contributed by atoms with E-state index in [0.717, 1.165) is 10.2 Å². The molecule has 1 aromatic carbocycles. The van der Waals surface area contributed by atoms with E-state index in [1.165, 1.54) is 18.3 Å². The molecule has 0 saturated heterocycles. The second-order valence-electron chi connectivity index (χ2n) is 5.51. The maximum atomic E-state index is 12.5. The molecular weight excluding hydrogens is 310 g/mol. The molecule has 0 atom stereocenters. The number of ketones is 1. The molecule has 2 heterocycles. The fraction of sp³-hybridized carbons (Fsp3) is 0.235. The number of benzene rings is 1. The van der Waals surface area contributed by atoms with Crippen LogP contribution in [0, 0.1) is 13.8 Å². The molecule has 1 amide bonds. The summed E-state index contributed by atoms with van der Waals surface area (Å²) >= 11 is 1.46. The molecule has 23 heavy (non-hydrogen) atoms. The van der Waals surface area contributed by atoms with Crippen molar-refractivity contribution in [2.24, 2.45) is 12.0 Å². The van der Waals surface area contributed by atoms with Gasteiger partial charge in [-0.3, -0.25) is 9.59 Å². The Morgan fingerprint density at radius 1 is 1.22 bits per heavy atom. The maximum absolute atomic E-state index is 12.5. The Balaban J connectivity index is 2.12. The van der Waals surface area contributed by atoms with Crippen molar-refractivity contribution >= 4 is 33.2 Å². The van der Waals surface area contributed by atoms with Crippen LogP contribution in [0.2, 0.25) is 0 Å². The topological polar surface area (TPSA) is 67.2 Å². The van der Waals surface area contributed by atoms with Gasteiger partial charge in [0.15, 0.2) is 10.6 Å². The van der Waals surface area contributed by atoms with E-state index in [2.05, 4.69) is 9.98 Å². The molecule has 0 bridgehead atoms. The van der Waals surface area contributed by atoms with Crippen LogP contribution in [0.3, 0.4) is 0 Å². The van der Waals surface area contributed by atoms with Gasteiger partial charge in [0.2, 0.25) is 0 Å². The molecule has 0 aliphatic carbocycles. The normalized spacial score (nSPS) is 12.1. The molecule has 3 aromatic rings. The van der Waals surface area contributed by atoms with Crippen LogP contribution < -0.4 is 4.80 Å². The number of para-hydroxylation sites is 1. The van der Waals surface area contributed by atoms with Crippen LogP contribution in [-0.2, 0) is 7.05 Å². The predicted octanol–water partition coefficient (Wildman–Crippen LogP) is 3.13. The Labute approximate surface area is 137 Å². The van der Waals surface area contributed by atoms with E-state index < -0.39 is 0 Å². The van der Waals surface area contributed by atoms with Crippen LogP contribution in [-0.4, -0.2) is 21.2 Å². The number of aryl methyl sites for hydroxylation is 2. The number of nitrogens with one attached hydrogen (secondary N) is 1. The second-order valence-corrected chi connectivity index (χ2v) is 6.52. The van der Waals surface area contributed by atoms with E-state index in [9.17, 15) is 9.59 Å². The zero-order chi connectivity index (χ0) is 16.7. The van der Waals surface area contributed by atoms with Crippen LogP contribution in [0.25, 0.3) is 10.2 Å². The zero-order valence-electron chi connectivity index (χ0n) is 13.4. The summed E-state index contributed by atoms with van der Waals surface area (Å²) in [5.41, 5.74) is 3.35. The summed E-state index contributed by atoms with van der Waals surface area (Å²) in [6, 6.07) is 7.91. The summed E-state index contributed by atoms with van der Waals surface area (Å²) in [7, 11) is 1.89. The van der Waals surface area contributed by atoms with Gasteiger partial charge in [-0.15, -0.1) is 0 Å². The minimum absolute atomic E-state index is 0.0530. The van der Waals surface area contributed by atoms with Crippen molar-refractivity contribution in [3.05, 3.63) is 51.6 Å². The number of amides is 1. The van der Waals surface area contributed by atoms with Crippen LogP contribution in [0.15, 0.2) is 29.3 Å². The predicted molar refractivity (Wildman–Crippen MR) is 91.0 cm³/mol. The van der Waals surface area contributed by atoms with E-state index in [4.69, 9.17) is 0 Å². The number of Topliss-reactive ketones (excluding diaryl/α,β-unsaturated/α-hetero) is 1. The lowest BCUT2D eigenvalue weighted by molar-refractivity contribution is 0.0992. The monoisotopic (exact) mass is 327 g/mol. The van der Waals surface area contributed by atoms with Crippen molar-refractivity contribution in [3.63, 3.8) is 0 Å². The van der Waals surface area contributed by atoms with Gasteiger partial charge in [0.05, 0.1) is 10.2 Å². The van der Waals surface area contributed by atoms with Gasteiger partial charge in [-0.05, 0) is 38.5 Å². The SMILES string of the molecule is CC(=O)c1c(C)[nH]c(C(=O)N=c2sc3ccccc3n2C)c1C. The summed E-state index contributed by atoms with van der Waals surface area (Å²) in [6.45, 7) is 5.06. The molecule has 1 N–H and O–H groups in total. The highest BCUT2D eigenvalue weighted by atomic mass is 32.1. The van der Waals surface area contributed by atoms with Gasteiger partial charge in [0, 0.05) is 18.3 Å². The largest absolute Gasteiger partial charge is 0.354 e. The Kier molecular flexibility index (Phi) is 3.77. The van der Waals surface area contributed by atoms with Crippen molar-refractivity contribution in [3.8, 4) is 0 Å². The van der Waals surface area contributed by atoms with Gasteiger partial charge >= 0.3 is 0 Å². The Bertz CT molecular complexity index is 1000. The number of nitrogens with zero attached hydrogens (tertiary/aromatic N) is 2. The lowest BCUT2D eigenvalue weighted by Crippen LogP contribution is -2.14. The van der Waals surface area contributed by atoms with E-state index in [1.807, 2.05) is 35.9 Å². The molecule has 0 unspecified atom stereocenters. The Morgan fingerprint density at radius 2 is 1.91 bits per heavy atom. The summed E-state index contributed by atoms with van der Waals surface area (Å²) in [5, 5.41) is 0. The summed E-state index contributed by atoms with van der Waals surface area (Å²) < 4.78 is 2.97. The number of H-pyrrole nitrogens is 1. The Hall–Kier alpha value is -2.47. The first kappa shape index (κ1) is 15.4.